The first-order valence-electron chi connectivity index (χ1n) is 9.34. The maximum Gasteiger partial charge on any atom is 0.269 e. The van der Waals surface area contributed by atoms with E-state index in [0.29, 0.717) is 0 Å². The molecule has 7 nitrogen and oxygen atoms in total. The summed E-state index contributed by atoms with van der Waals surface area (Å²) >= 11 is 0. The smallest absolute Gasteiger partial charge is 0.269 e. The van der Waals surface area contributed by atoms with Crippen molar-refractivity contribution in [2.24, 2.45) is 0 Å². The third-order valence-corrected chi connectivity index (χ3v) is 4.51. The van der Waals surface area contributed by atoms with Crippen molar-refractivity contribution in [3.8, 4) is 22.3 Å². The summed E-state index contributed by atoms with van der Waals surface area (Å²) < 4.78 is 25.4. The van der Waals surface area contributed by atoms with Crippen LogP contribution in [0.4, 0.5) is 20.2 Å². The van der Waals surface area contributed by atoms with Crippen LogP contribution >= 0.6 is 0 Å². The van der Waals surface area contributed by atoms with Gasteiger partial charge in [-0.1, -0.05) is 24.3 Å². The van der Waals surface area contributed by atoms with Gasteiger partial charge in [-0.15, -0.1) is 0 Å². The number of nitro groups is 2. The summed E-state index contributed by atoms with van der Waals surface area (Å²) in [6.45, 7) is 0. The molecule has 0 aliphatic carbocycles. The molecular formula is C24H18F2N2O5. The van der Waals surface area contributed by atoms with Crippen molar-refractivity contribution in [3.63, 3.8) is 0 Å². The number of halogens is 2. The molecule has 0 aromatic heterocycles. The third kappa shape index (κ3) is 6.74. The molecule has 0 bridgehead atoms. The van der Waals surface area contributed by atoms with Crippen LogP contribution in [-0.2, 0) is 0 Å². The van der Waals surface area contributed by atoms with Crippen LogP contribution in [0.15, 0.2) is 97.1 Å². The molecule has 0 atom stereocenters. The molecule has 4 aromatic carbocycles. The summed E-state index contributed by atoms with van der Waals surface area (Å²) in [4.78, 5) is 20.0. The van der Waals surface area contributed by atoms with E-state index in [9.17, 15) is 29.0 Å². The molecular weight excluding hydrogens is 434 g/mol. The fraction of sp³-hybridized carbons (Fsp3) is 0. The van der Waals surface area contributed by atoms with Crippen LogP contribution in [-0.4, -0.2) is 15.3 Å². The fourth-order valence-corrected chi connectivity index (χ4v) is 2.84. The highest BCUT2D eigenvalue weighted by Gasteiger charge is 2.06. The van der Waals surface area contributed by atoms with Gasteiger partial charge in [0.25, 0.3) is 11.4 Å². The minimum Gasteiger partial charge on any atom is -0.412 e. The van der Waals surface area contributed by atoms with Crippen LogP contribution in [0.25, 0.3) is 22.3 Å². The van der Waals surface area contributed by atoms with Crippen molar-refractivity contribution in [2.45, 2.75) is 0 Å². The molecule has 0 aliphatic heterocycles. The minimum absolute atomic E-state index is 0. The number of nitro benzene ring substituents is 2. The zero-order chi connectivity index (χ0) is 23.1. The number of hydrogen-bond donors (Lipinski definition) is 0. The monoisotopic (exact) mass is 452 g/mol. The van der Waals surface area contributed by atoms with Gasteiger partial charge in [-0.2, -0.15) is 0 Å². The van der Waals surface area contributed by atoms with Crippen molar-refractivity contribution in [1.29, 1.82) is 0 Å². The van der Waals surface area contributed by atoms with Gasteiger partial charge >= 0.3 is 0 Å². The highest BCUT2D eigenvalue weighted by Crippen LogP contribution is 2.23. The van der Waals surface area contributed by atoms with Gasteiger partial charge in [0, 0.05) is 24.3 Å². The Morgan fingerprint density at radius 2 is 0.667 bits per heavy atom. The molecule has 4 aromatic rings. The Morgan fingerprint density at radius 3 is 0.879 bits per heavy atom. The van der Waals surface area contributed by atoms with Crippen molar-refractivity contribution in [2.75, 3.05) is 0 Å². The van der Waals surface area contributed by atoms with Crippen LogP contribution in [0.2, 0.25) is 0 Å². The van der Waals surface area contributed by atoms with E-state index in [2.05, 4.69) is 0 Å². The second-order valence-corrected chi connectivity index (χ2v) is 6.62. The zero-order valence-electron chi connectivity index (χ0n) is 17.0. The second-order valence-electron chi connectivity index (χ2n) is 6.62. The topological polar surface area (TPSA) is 118 Å². The second kappa shape index (κ2) is 11.2. The molecule has 0 spiro atoms. The van der Waals surface area contributed by atoms with Gasteiger partial charge in [-0.05, 0) is 70.8 Å². The molecule has 0 amide bonds. The quantitative estimate of drug-likeness (QED) is 0.280. The van der Waals surface area contributed by atoms with E-state index in [-0.39, 0.29) is 28.5 Å². The van der Waals surface area contributed by atoms with E-state index < -0.39 is 9.85 Å². The lowest BCUT2D eigenvalue weighted by Crippen LogP contribution is -1.87. The lowest BCUT2D eigenvalue weighted by molar-refractivity contribution is -0.385. The summed E-state index contributed by atoms with van der Waals surface area (Å²) in [5, 5.41) is 20.9. The van der Waals surface area contributed by atoms with Gasteiger partial charge in [0.15, 0.2) is 0 Å². The average Bonchev–Trinajstić information content (AvgIpc) is 2.81. The largest absolute Gasteiger partial charge is 0.412 e. The van der Waals surface area contributed by atoms with Crippen LogP contribution in [0.1, 0.15) is 0 Å². The summed E-state index contributed by atoms with van der Waals surface area (Å²) in [7, 11) is 0. The molecule has 9 heteroatoms. The molecule has 33 heavy (non-hydrogen) atoms. The molecule has 0 saturated carbocycles. The number of rotatable bonds is 4. The van der Waals surface area contributed by atoms with Crippen LogP contribution < -0.4 is 0 Å². The summed E-state index contributed by atoms with van der Waals surface area (Å²) in [6.07, 6.45) is 0. The highest BCUT2D eigenvalue weighted by molar-refractivity contribution is 5.65. The SMILES string of the molecule is O.O=[N+]([O-])c1ccc(-c2ccc(F)cc2)cc1.O=[N+]([O-])c1ccc(-c2ccc(F)cc2)cc1. The van der Waals surface area contributed by atoms with E-state index in [4.69, 9.17) is 0 Å². The van der Waals surface area contributed by atoms with Gasteiger partial charge in [0.2, 0.25) is 0 Å². The lowest BCUT2D eigenvalue weighted by Gasteiger charge is -2.00. The Bertz CT molecular complexity index is 1110. The standard InChI is InChI=1S/2C12H8FNO2.H2O/c2*13-11-5-1-9(2-6-11)10-3-7-12(8-4-10)14(15)16;/h2*1-8H;1H2. The Morgan fingerprint density at radius 1 is 0.455 bits per heavy atom. The zero-order valence-corrected chi connectivity index (χ0v) is 17.0. The van der Waals surface area contributed by atoms with Crippen molar-refractivity contribution in [1.82, 2.24) is 0 Å². The predicted molar refractivity (Wildman–Crippen MR) is 121 cm³/mol. The normalized spacial score (nSPS) is 9.76. The first kappa shape index (κ1) is 24.8. The van der Waals surface area contributed by atoms with E-state index in [0.717, 1.165) is 22.3 Å². The van der Waals surface area contributed by atoms with E-state index in [1.54, 1.807) is 48.5 Å². The van der Waals surface area contributed by atoms with Crippen molar-refractivity contribution in [3.05, 3.63) is 129 Å². The maximum atomic E-state index is 12.7. The molecule has 0 aliphatic rings. The summed E-state index contributed by atoms with van der Waals surface area (Å²) in [5.41, 5.74) is 3.40. The van der Waals surface area contributed by atoms with Gasteiger partial charge in [0.05, 0.1) is 9.85 Å². The van der Waals surface area contributed by atoms with Crippen LogP contribution in [0.5, 0.6) is 0 Å². The molecule has 0 heterocycles. The number of non-ortho nitro benzene ring substituents is 2. The number of benzene rings is 4. The predicted octanol–water partition coefficient (Wildman–Crippen LogP) is 5.98. The first-order valence-corrected chi connectivity index (χ1v) is 9.34. The lowest BCUT2D eigenvalue weighted by atomic mass is 10.1. The number of nitrogens with zero attached hydrogens (tertiary/aromatic N) is 2. The highest BCUT2D eigenvalue weighted by atomic mass is 19.1. The first-order chi connectivity index (χ1) is 15.3. The van der Waals surface area contributed by atoms with E-state index >= 15 is 0 Å². The molecule has 0 unspecified atom stereocenters. The molecule has 168 valence electrons. The minimum atomic E-state index is -0.450. The van der Waals surface area contributed by atoms with Gasteiger partial charge in [-0.3, -0.25) is 20.2 Å². The third-order valence-electron chi connectivity index (χ3n) is 4.51. The van der Waals surface area contributed by atoms with Crippen molar-refractivity contribution < 1.29 is 24.1 Å². The molecule has 0 radical (unpaired) electrons. The Hall–Kier alpha value is -4.50. The Labute approximate surface area is 187 Å². The van der Waals surface area contributed by atoms with E-state index in [1.165, 1.54) is 48.5 Å². The Balaban J connectivity index is 0.000000227. The van der Waals surface area contributed by atoms with Gasteiger partial charge in [-0.25, -0.2) is 8.78 Å². The van der Waals surface area contributed by atoms with Crippen molar-refractivity contribution >= 4 is 11.4 Å². The fourth-order valence-electron chi connectivity index (χ4n) is 2.84. The van der Waals surface area contributed by atoms with E-state index in [1.807, 2.05) is 0 Å². The average molecular weight is 452 g/mol. The van der Waals surface area contributed by atoms with Gasteiger partial charge < -0.3 is 5.48 Å². The van der Waals surface area contributed by atoms with Crippen LogP contribution in [0, 0.1) is 31.9 Å². The molecule has 0 saturated heterocycles. The summed E-state index contributed by atoms with van der Waals surface area (Å²) in [5.74, 6) is -0.601. The van der Waals surface area contributed by atoms with Gasteiger partial charge in [0.1, 0.15) is 11.6 Å². The number of hydrogen-bond acceptors (Lipinski definition) is 4. The Kier molecular flexibility index (Phi) is 8.42. The molecule has 0 fully saturated rings. The maximum absolute atomic E-state index is 12.7. The molecule has 2 N–H and O–H groups in total. The van der Waals surface area contributed by atoms with Crippen LogP contribution in [0.3, 0.4) is 0 Å². The molecule has 4 rings (SSSR count). The summed E-state index contributed by atoms with van der Waals surface area (Å²) in [6, 6.07) is 24.3.